The molecule has 1 saturated heterocycles. The number of hydrogen-bond donors (Lipinski definition) is 2. The number of carbonyl (C=O) groups is 1. The van der Waals surface area contributed by atoms with Crippen LogP contribution in [0.2, 0.25) is 0 Å². The molecule has 4 heterocycles. The van der Waals surface area contributed by atoms with E-state index < -0.39 is 24.2 Å². The number of nitrogens with one attached hydrogen (secondary N) is 2. The monoisotopic (exact) mass is 562 g/mol. The highest BCUT2D eigenvalue weighted by molar-refractivity contribution is 6.04. The van der Waals surface area contributed by atoms with Crippen LogP contribution in [0.4, 0.5) is 39.1 Å². The van der Waals surface area contributed by atoms with E-state index in [0.29, 0.717) is 43.4 Å². The molecule has 5 rings (SSSR count). The smallest absolute Gasteiger partial charge is 0.368 e. The number of anilines is 3. The Morgan fingerprint density at radius 2 is 1.68 bits per heavy atom. The summed E-state index contributed by atoms with van der Waals surface area (Å²) in [6.07, 6.45) is -2.10. The second-order valence-corrected chi connectivity index (χ2v) is 9.58. The molecule has 2 aromatic heterocycles. The number of alkyl halides is 3. The lowest BCUT2D eigenvalue weighted by atomic mass is 10.1. The molecule has 2 aliphatic rings. The van der Waals surface area contributed by atoms with Crippen molar-refractivity contribution in [1.82, 2.24) is 20.2 Å². The van der Waals surface area contributed by atoms with Gasteiger partial charge in [-0.3, -0.25) is 9.69 Å². The Labute approximate surface area is 229 Å². The molecule has 0 radical (unpaired) electrons. The van der Waals surface area contributed by atoms with Gasteiger partial charge >= 0.3 is 6.18 Å². The number of halogens is 5. The van der Waals surface area contributed by atoms with Gasteiger partial charge in [-0.1, -0.05) is 26.3 Å². The van der Waals surface area contributed by atoms with E-state index in [1.165, 1.54) is 18.6 Å². The summed E-state index contributed by atoms with van der Waals surface area (Å²) in [7, 11) is 0. The van der Waals surface area contributed by atoms with E-state index in [-0.39, 0.29) is 35.8 Å². The van der Waals surface area contributed by atoms with Gasteiger partial charge in [-0.05, 0) is 30.3 Å². The molecule has 0 spiro atoms. The molecule has 0 saturated carbocycles. The van der Waals surface area contributed by atoms with Gasteiger partial charge in [-0.25, -0.2) is 18.7 Å². The Kier molecular flexibility index (Phi) is 9.18. The Morgan fingerprint density at radius 3 is 2.27 bits per heavy atom. The van der Waals surface area contributed by atoms with Crippen molar-refractivity contribution in [3.8, 4) is 11.3 Å². The van der Waals surface area contributed by atoms with Crippen molar-refractivity contribution in [2.75, 3.05) is 42.9 Å². The topological polar surface area (TPSA) is 73.4 Å². The van der Waals surface area contributed by atoms with E-state index in [4.69, 9.17) is 0 Å². The molecule has 0 bridgehead atoms. The molecule has 7 nitrogen and oxygen atoms in total. The van der Waals surface area contributed by atoms with E-state index in [1.807, 2.05) is 11.0 Å². The first kappa shape index (κ1) is 29.2. The predicted molar refractivity (Wildman–Crippen MR) is 144 cm³/mol. The molecule has 3 aromatic rings. The molecule has 0 unspecified atom stereocenters. The van der Waals surface area contributed by atoms with Crippen LogP contribution in [0.1, 0.15) is 42.7 Å². The summed E-state index contributed by atoms with van der Waals surface area (Å²) >= 11 is 0. The fraction of sp³-hybridized carbons (Fsp3) is 0.393. The maximum Gasteiger partial charge on any atom is 0.390 e. The number of amides is 1. The van der Waals surface area contributed by atoms with Crippen molar-refractivity contribution in [1.29, 1.82) is 0 Å². The summed E-state index contributed by atoms with van der Waals surface area (Å²) < 4.78 is 66.2. The number of hydrogen-bond acceptors (Lipinski definition) is 6. The van der Waals surface area contributed by atoms with Gasteiger partial charge in [0, 0.05) is 32.7 Å². The second-order valence-electron chi connectivity index (χ2n) is 9.58. The molecule has 0 aliphatic carbocycles. The van der Waals surface area contributed by atoms with Gasteiger partial charge in [0.1, 0.15) is 17.5 Å². The largest absolute Gasteiger partial charge is 0.390 e. The number of piperazine rings is 1. The SMILES string of the molecule is CCC.O=C1NCc2nc(-c3c(F)cccc3F)cc(Nc3ccc(N4CCN(CCC(F)(F)F)CC4)cn3)c21. The lowest BCUT2D eigenvalue weighted by molar-refractivity contribution is -0.138. The van der Waals surface area contributed by atoms with Crippen LogP contribution in [0.5, 0.6) is 0 Å². The number of fused-ring (bicyclic) bond motifs is 1. The highest BCUT2D eigenvalue weighted by atomic mass is 19.4. The van der Waals surface area contributed by atoms with Crippen molar-refractivity contribution in [3.05, 3.63) is 65.5 Å². The quantitative estimate of drug-likeness (QED) is 0.365. The minimum absolute atomic E-state index is 0.0128. The molecule has 12 heteroatoms. The third-order valence-corrected chi connectivity index (χ3v) is 6.42. The van der Waals surface area contributed by atoms with Crippen LogP contribution in [-0.4, -0.2) is 59.7 Å². The minimum atomic E-state index is -4.16. The maximum absolute atomic E-state index is 14.4. The van der Waals surface area contributed by atoms with Gasteiger partial charge in [0.25, 0.3) is 5.91 Å². The molecule has 1 fully saturated rings. The summed E-state index contributed by atoms with van der Waals surface area (Å²) in [5, 5.41) is 5.73. The van der Waals surface area contributed by atoms with Crippen molar-refractivity contribution >= 4 is 23.1 Å². The zero-order valence-electron chi connectivity index (χ0n) is 22.3. The Hall–Kier alpha value is -3.80. The molecule has 40 heavy (non-hydrogen) atoms. The van der Waals surface area contributed by atoms with Crippen molar-refractivity contribution < 1.29 is 26.7 Å². The van der Waals surface area contributed by atoms with E-state index in [0.717, 1.165) is 17.8 Å². The van der Waals surface area contributed by atoms with E-state index >= 15 is 0 Å². The predicted octanol–water partition coefficient (Wildman–Crippen LogP) is 5.90. The number of benzene rings is 1. The molecule has 1 amide bonds. The third kappa shape index (κ3) is 7.04. The van der Waals surface area contributed by atoms with Gasteiger partial charge in [0.05, 0.1) is 53.1 Å². The second kappa shape index (κ2) is 12.6. The number of carbonyl (C=O) groups excluding carboxylic acids is 1. The zero-order valence-corrected chi connectivity index (χ0v) is 22.3. The Bertz CT molecular complexity index is 1300. The first-order valence-corrected chi connectivity index (χ1v) is 13.1. The highest BCUT2D eigenvalue weighted by Gasteiger charge is 2.29. The van der Waals surface area contributed by atoms with Gasteiger partial charge < -0.3 is 15.5 Å². The molecular weight excluding hydrogens is 531 g/mol. The maximum atomic E-state index is 14.4. The fourth-order valence-electron chi connectivity index (χ4n) is 4.50. The van der Waals surface area contributed by atoms with Gasteiger partial charge in [-0.15, -0.1) is 0 Å². The summed E-state index contributed by atoms with van der Waals surface area (Å²) in [5.74, 6) is -1.49. The summed E-state index contributed by atoms with van der Waals surface area (Å²) in [6.45, 7) is 6.55. The third-order valence-electron chi connectivity index (χ3n) is 6.42. The molecular formula is C28H31F5N6O. The zero-order chi connectivity index (χ0) is 28.9. The number of pyridine rings is 2. The summed E-state index contributed by atoms with van der Waals surface area (Å²) in [4.78, 5) is 25.0. The standard InChI is InChI=1S/C25H23F5N6O.C3H8/c26-16-2-1-3-17(27)22(16)18-12-19(23-20(33-18)14-32-24(23)37)34-21-5-4-15(13-31-21)36-10-8-35(9-11-36)7-6-25(28,29)30;1-3-2/h1-5,12-13H,6-11,14H2,(H,32,37)(H,31,33,34);3H2,1-2H3. The Morgan fingerprint density at radius 1 is 1.00 bits per heavy atom. The lowest BCUT2D eigenvalue weighted by Gasteiger charge is -2.36. The minimum Gasteiger partial charge on any atom is -0.368 e. The lowest BCUT2D eigenvalue weighted by Crippen LogP contribution is -2.47. The summed E-state index contributed by atoms with van der Waals surface area (Å²) in [5.41, 5.74) is 1.54. The van der Waals surface area contributed by atoms with Crippen LogP contribution in [-0.2, 0) is 6.54 Å². The van der Waals surface area contributed by atoms with E-state index in [9.17, 15) is 26.7 Å². The van der Waals surface area contributed by atoms with Crippen LogP contribution in [0, 0.1) is 11.6 Å². The van der Waals surface area contributed by atoms with Crippen molar-refractivity contribution in [2.45, 2.75) is 39.4 Å². The number of nitrogens with zero attached hydrogens (tertiary/aromatic N) is 4. The van der Waals surface area contributed by atoms with Crippen molar-refractivity contribution in [3.63, 3.8) is 0 Å². The van der Waals surface area contributed by atoms with Crippen LogP contribution >= 0.6 is 0 Å². The van der Waals surface area contributed by atoms with E-state index in [2.05, 4.69) is 34.4 Å². The highest BCUT2D eigenvalue weighted by Crippen LogP contribution is 2.33. The van der Waals surface area contributed by atoms with Crippen LogP contribution in [0.25, 0.3) is 11.3 Å². The average Bonchev–Trinajstić information content (AvgIpc) is 3.29. The number of rotatable bonds is 6. The Balaban J connectivity index is 0.00000118. The first-order chi connectivity index (χ1) is 19.1. The van der Waals surface area contributed by atoms with Gasteiger partial charge in [-0.2, -0.15) is 13.2 Å². The van der Waals surface area contributed by atoms with Gasteiger partial charge in [0.2, 0.25) is 0 Å². The van der Waals surface area contributed by atoms with Crippen LogP contribution in [0.15, 0.2) is 42.6 Å². The summed E-state index contributed by atoms with van der Waals surface area (Å²) in [6, 6.07) is 8.48. The molecule has 1 aromatic carbocycles. The van der Waals surface area contributed by atoms with Gasteiger partial charge in [0.15, 0.2) is 0 Å². The first-order valence-electron chi connectivity index (χ1n) is 13.1. The van der Waals surface area contributed by atoms with E-state index in [1.54, 1.807) is 17.2 Å². The average molecular weight is 563 g/mol. The molecule has 0 atom stereocenters. The van der Waals surface area contributed by atoms with Crippen LogP contribution in [0.3, 0.4) is 0 Å². The fourth-order valence-corrected chi connectivity index (χ4v) is 4.50. The van der Waals surface area contributed by atoms with Crippen LogP contribution < -0.4 is 15.5 Å². The molecule has 2 N–H and O–H groups in total. The molecule has 214 valence electrons. The van der Waals surface area contributed by atoms with Crippen molar-refractivity contribution in [2.24, 2.45) is 0 Å². The molecule has 2 aliphatic heterocycles. The number of aromatic nitrogens is 2. The normalized spacial score (nSPS) is 15.3.